The van der Waals surface area contributed by atoms with Crippen LogP contribution in [0, 0.1) is 5.82 Å². The van der Waals surface area contributed by atoms with Crippen LogP contribution in [0.2, 0.25) is 0 Å². The Morgan fingerprint density at radius 2 is 1.85 bits per heavy atom. The van der Waals surface area contributed by atoms with E-state index in [4.69, 9.17) is 4.74 Å². The Balaban J connectivity index is 0.000000241. The van der Waals surface area contributed by atoms with Gasteiger partial charge in [-0.25, -0.2) is 14.2 Å². The maximum atomic E-state index is 13.2. The second-order valence-electron chi connectivity index (χ2n) is 12.5. The lowest BCUT2D eigenvalue weighted by Crippen LogP contribution is -2.34. The van der Waals surface area contributed by atoms with Crippen molar-refractivity contribution in [2.45, 2.75) is 122 Å². The molecular formula is C37H58FN5O4S. The van der Waals surface area contributed by atoms with Crippen molar-refractivity contribution in [1.29, 1.82) is 0 Å². The number of ether oxygens (including phenoxy) is 1. The number of aromatic amines is 1. The van der Waals surface area contributed by atoms with Gasteiger partial charge in [0.2, 0.25) is 6.41 Å². The van der Waals surface area contributed by atoms with Crippen LogP contribution in [0.4, 0.5) is 4.39 Å². The van der Waals surface area contributed by atoms with E-state index >= 15 is 0 Å². The number of methoxy groups -OCH3 is 1. The first-order valence-corrected chi connectivity index (χ1v) is 18.6. The molecule has 1 amide bonds. The number of carbonyl (C=O) groups excluding carboxylic acids is 1. The summed E-state index contributed by atoms with van der Waals surface area (Å²) in [6.45, 7) is 15.1. The van der Waals surface area contributed by atoms with Gasteiger partial charge in [0.25, 0.3) is 5.56 Å². The molecule has 0 radical (unpaired) electrons. The lowest BCUT2D eigenvalue weighted by atomic mass is 9.96. The number of H-pyrrole nitrogens is 1. The SMILES string of the molecule is C=C/C=C(\C)OC.C=CCC1CCC(C)N1CCCC.O=CNC1CCCCC1.O=c1[nH]c(=O)n(C2CCSCC2)c2ncc(F)cc12. The average molecular weight is 688 g/mol. The zero-order chi connectivity index (χ0) is 35.3. The Morgan fingerprint density at radius 3 is 2.44 bits per heavy atom. The Bertz CT molecular complexity index is 1400. The second-order valence-corrected chi connectivity index (χ2v) is 13.8. The number of allylic oxidation sites excluding steroid dienone is 3. The monoisotopic (exact) mass is 687 g/mol. The van der Waals surface area contributed by atoms with Crippen LogP contribution < -0.4 is 16.6 Å². The van der Waals surface area contributed by atoms with Gasteiger partial charge in [0.1, 0.15) is 11.5 Å². The number of hydrogen-bond donors (Lipinski definition) is 2. The fourth-order valence-corrected chi connectivity index (χ4v) is 7.39. The Hall–Kier alpha value is -3.18. The fraction of sp³-hybridized carbons (Fsp3) is 0.622. The molecular weight excluding hydrogens is 630 g/mol. The molecule has 2 aromatic rings. The summed E-state index contributed by atoms with van der Waals surface area (Å²) in [6, 6.07) is 3.21. The van der Waals surface area contributed by atoms with E-state index in [1.807, 2.05) is 18.7 Å². The Labute approximate surface area is 290 Å². The molecule has 3 aliphatic rings. The molecule has 9 nitrogen and oxygen atoms in total. The number of nitrogens with zero attached hydrogens (tertiary/aromatic N) is 3. The summed E-state index contributed by atoms with van der Waals surface area (Å²) in [5.74, 6) is 2.25. The molecule has 0 bridgehead atoms. The van der Waals surface area contributed by atoms with Gasteiger partial charge in [0.05, 0.1) is 24.5 Å². The third-order valence-electron chi connectivity index (χ3n) is 9.05. The van der Waals surface area contributed by atoms with Gasteiger partial charge >= 0.3 is 5.69 Å². The van der Waals surface area contributed by atoms with E-state index in [0.717, 1.165) is 60.9 Å². The molecule has 5 rings (SSSR count). The van der Waals surface area contributed by atoms with Crippen LogP contribution in [-0.2, 0) is 9.53 Å². The highest BCUT2D eigenvalue weighted by Crippen LogP contribution is 2.28. The van der Waals surface area contributed by atoms with Crippen LogP contribution in [0.25, 0.3) is 11.0 Å². The number of likely N-dealkylation sites (tertiary alicyclic amines) is 1. The summed E-state index contributed by atoms with van der Waals surface area (Å²) < 4.78 is 19.5. The third kappa shape index (κ3) is 13.7. The Morgan fingerprint density at radius 1 is 1.15 bits per heavy atom. The van der Waals surface area contributed by atoms with Crippen LogP contribution in [-0.4, -0.2) is 69.1 Å². The molecule has 0 spiro atoms. The van der Waals surface area contributed by atoms with E-state index < -0.39 is 17.1 Å². The first-order chi connectivity index (χ1) is 23.2. The highest BCUT2D eigenvalue weighted by Gasteiger charge is 2.28. The molecule has 2 saturated heterocycles. The van der Waals surface area contributed by atoms with Crippen LogP contribution in [0.15, 0.2) is 59.0 Å². The predicted molar refractivity (Wildman–Crippen MR) is 198 cm³/mol. The van der Waals surface area contributed by atoms with E-state index in [0.29, 0.717) is 6.04 Å². The zero-order valence-corrected chi connectivity index (χ0v) is 30.4. The number of aromatic nitrogens is 3. The minimum atomic E-state index is -0.589. The van der Waals surface area contributed by atoms with Crippen molar-refractivity contribution < 1.29 is 13.9 Å². The maximum absolute atomic E-state index is 13.2. The predicted octanol–water partition coefficient (Wildman–Crippen LogP) is 7.30. The van der Waals surface area contributed by atoms with Crippen LogP contribution in [0.1, 0.15) is 104 Å². The normalized spacial score (nSPS) is 20.2. The number of unbranched alkanes of at least 4 members (excludes halogenated alkanes) is 1. The van der Waals surface area contributed by atoms with Gasteiger partial charge in [-0.2, -0.15) is 11.8 Å². The fourth-order valence-electron chi connectivity index (χ4n) is 6.31. The number of pyridine rings is 1. The maximum Gasteiger partial charge on any atom is 0.330 e. The molecule has 2 unspecified atom stereocenters. The molecule has 2 N–H and O–H groups in total. The molecule has 11 heteroatoms. The van der Waals surface area contributed by atoms with Gasteiger partial charge in [0.15, 0.2) is 0 Å². The van der Waals surface area contributed by atoms with Crippen molar-refractivity contribution in [3.63, 3.8) is 0 Å². The minimum absolute atomic E-state index is 0.0195. The van der Waals surface area contributed by atoms with Crippen LogP contribution in [0.3, 0.4) is 0 Å². The summed E-state index contributed by atoms with van der Waals surface area (Å²) >= 11 is 1.84. The standard InChI is InChI=1S/C12H12FN3O2S.C12H23N.C7H13NO.C6H10O/c13-7-5-9-10(14-6-7)16(12(18)15-11(9)17)8-1-3-19-4-2-8;1-4-6-10-13-11(3)8-9-12(13)7-5-2;9-6-8-7-4-2-1-3-5-7;1-4-5-6(2)7-3/h5-6,8H,1-4H2,(H,15,17,18);5,11-12H,2,4,6-10H2,1,3H3;6-7H,1-5H2,(H,8,9);4-5H,1H2,2-3H3/b;;;6-5+. The van der Waals surface area contributed by atoms with Crippen molar-refractivity contribution in [1.82, 2.24) is 24.8 Å². The number of fused-ring (bicyclic) bond motifs is 1. The molecule has 0 aromatic carbocycles. The summed E-state index contributed by atoms with van der Waals surface area (Å²) in [6.07, 6.45) is 22.0. The topological polar surface area (TPSA) is 109 Å². The van der Waals surface area contributed by atoms with Crippen molar-refractivity contribution in [3.05, 3.63) is 76.1 Å². The lowest BCUT2D eigenvalue weighted by molar-refractivity contribution is -0.110. The summed E-state index contributed by atoms with van der Waals surface area (Å²) in [4.78, 5) is 42.5. The molecule has 268 valence electrons. The van der Waals surface area contributed by atoms with E-state index in [-0.39, 0.29) is 17.1 Å². The highest BCUT2D eigenvalue weighted by molar-refractivity contribution is 7.99. The lowest BCUT2D eigenvalue weighted by Gasteiger charge is -2.27. The largest absolute Gasteiger partial charge is 0.501 e. The van der Waals surface area contributed by atoms with Gasteiger partial charge in [-0.3, -0.25) is 24.0 Å². The number of rotatable bonds is 10. The molecule has 3 fully saturated rings. The third-order valence-corrected chi connectivity index (χ3v) is 10.1. The summed E-state index contributed by atoms with van der Waals surface area (Å²) in [5.41, 5.74) is -0.783. The van der Waals surface area contributed by atoms with Gasteiger partial charge < -0.3 is 10.1 Å². The molecule has 2 atom stereocenters. The average Bonchev–Trinajstić information content (AvgIpc) is 3.44. The van der Waals surface area contributed by atoms with Gasteiger partial charge in [-0.1, -0.05) is 51.3 Å². The van der Waals surface area contributed by atoms with Gasteiger partial charge in [-0.05, 0) is 95.4 Å². The number of nitrogens with one attached hydrogen (secondary N) is 2. The zero-order valence-electron chi connectivity index (χ0n) is 29.6. The molecule has 48 heavy (non-hydrogen) atoms. The first-order valence-electron chi connectivity index (χ1n) is 17.5. The number of carbonyl (C=O) groups is 1. The van der Waals surface area contributed by atoms with E-state index in [9.17, 15) is 18.8 Å². The number of hydrogen-bond acceptors (Lipinski definition) is 7. The van der Waals surface area contributed by atoms with Crippen molar-refractivity contribution in [2.24, 2.45) is 0 Å². The van der Waals surface area contributed by atoms with Crippen molar-refractivity contribution >= 4 is 29.2 Å². The van der Waals surface area contributed by atoms with Crippen LogP contribution >= 0.6 is 11.8 Å². The molecule has 4 heterocycles. The van der Waals surface area contributed by atoms with E-state index in [1.54, 1.807) is 19.3 Å². The number of halogens is 1. The van der Waals surface area contributed by atoms with E-state index in [2.05, 4.69) is 53.3 Å². The summed E-state index contributed by atoms with van der Waals surface area (Å²) in [5, 5.41) is 2.93. The van der Waals surface area contributed by atoms with Crippen molar-refractivity contribution in [3.8, 4) is 0 Å². The number of amides is 1. The minimum Gasteiger partial charge on any atom is -0.501 e. The first kappa shape index (κ1) is 41.0. The van der Waals surface area contributed by atoms with E-state index in [1.165, 1.54) is 75.3 Å². The molecule has 2 aromatic heterocycles. The molecule has 2 aliphatic heterocycles. The molecule has 1 aliphatic carbocycles. The van der Waals surface area contributed by atoms with Gasteiger partial charge in [0, 0.05) is 24.2 Å². The summed E-state index contributed by atoms with van der Waals surface area (Å²) in [7, 11) is 1.63. The highest BCUT2D eigenvalue weighted by atomic mass is 32.2. The quantitative estimate of drug-likeness (QED) is 0.117. The van der Waals surface area contributed by atoms with Crippen molar-refractivity contribution in [2.75, 3.05) is 25.2 Å². The Kier molecular flexibility index (Phi) is 19.8. The number of thioether (sulfide) groups is 1. The van der Waals surface area contributed by atoms with Gasteiger partial charge in [-0.15, -0.1) is 6.58 Å². The smallest absolute Gasteiger partial charge is 0.330 e. The van der Waals surface area contributed by atoms with Crippen LogP contribution in [0.5, 0.6) is 0 Å². The second kappa shape index (κ2) is 23.2. The molecule has 1 saturated carbocycles.